The predicted octanol–water partition coefficient (Wildman–Crippen LogP) is 1.47. The third kappa shape index (κ3) is 4.67. The maximum absolute atomic E-state index is 14.0. The quantitative estimate of drug-likeness (QED) is 0.523. The minimum absolute atomic E-state index is 0.160. The molecule has 2 rings (SSSR count). The van der Waals surface area contributed by atoms with E-state index in [0.29, 0.717) is 0 Å². The molecule has 144 valence electrons. The van der Waals surface area contributed by atoms with Crippen molar-refractivity contribution in [3.63, 3.8) is 0 Å². The summed E-state index contributed by atoms with van der Waals surface area (Å²) >= 11 is 11.0. The Morgan fingerprint density at radius 3 is 2.58 bits per heavy atom. The van der Waals surface area contributed by atoms with Crippen molar-refractivity contribution in [1.82, 2.24) is 4.90 Å². The number of urea groups is 1. The molecule has 1 aliphatic heterocycles. The summed E-state index contributed by atoms with van der Waals surface area (Å²) in [6, 6.07) is -0.533. The van der Waals surface area contributed by atoms with Crippen molar-refractivity contribution < 1.29 is 32.6 Å². The summed E-state index contributed by atoms with van der Waals surface area (Å²) in [5, 5.41) is 19.8. The van der Waals surface area contributed by atoms with E-state index in [9.17, 15) is 27.5 Å². The molecule has 0 aliphatic carbocycles. The number of amides is 2. The highest BCUT2D eigenvalue weighted by Crippen LogP contribution is 2.30. The van der Waals surface area contributed by atoms with E-state index in [-0.39, 0.29) is 23.7 Å². The molecule has 2 atom stereocenters. The first-order valence-corrected chi connectivity index (χ1v) is 9.64. The highest BCUT2D eigenvalue weighted by molar-refractivity contribution is 7.93. The van der Waals surface area contributed by atoms with Gasteiger partial charge in [0.25, 0.3) is 0 Å². The molecule has 1 saturated heterocycles. The Hall–Kier alpha value is -1.82. The second kappa shape index (κ2) is 7.82. The number of hydrogen-bond acceptors (Lipinski definition) is 5. The van der Waals surface area contributed by atoms with Crippen LogP contribution in [0.1, 0.15) is 6.42 Å². The van der Waals surface area contributed by atoms with Crippen LogP contribution in [0.15, 0.2) is 12.1 Å². The topological polar surface area (TPSA) is 136 Å². The van der Waals surface area contributed by atoms with Gasteiger partial charge in [-0.3, -0.25) is 4.72 Å². The number of likely N-dealkylation sites (tertiary alicyclic amines) is 1. The number of aliphatic carboxylic acids is 1. The largest absolute Gasteiger partial charge is 0.480 e. The lowest BCUT2D eigenvalue weighted by Gasteiger charge is -2.22. The van der Waals surface area contributed by atoms with Crippen LogP contribution >= 0.6 is 23.2 Å². The third-order valence-corrected chi connectivity index (χ3v) is 5.53. The van der Waals surface area contributed by atoms with Crippen molar-refractivity contribution in [1.29, 1.82) is 0 Å². The Morgan fingerprint density at radius 2 is 2.00 bits per heavy atom. The van der Waals surface area contributed by atoms with E-state index in [2.05, 4.69) is 5.32 Å². The fourth-order valence-electron chi connectivity index (χ4n) is 2.38. The molecule has 1 aromatic carbocycles. The van der Waals surface area contributed by atoms with Crippen LogP contribution in [0, 0.1) is 5.82 Å². The SMILES string of the molecule is O=C(O)C1C[C@H](O)CN1C(=O)Nc1cc(NS(=O)(=O)CCl)c(Cl)cc1F. The lowest BCUT2D eigenvalue weighted by atomic mass is 10.2. The fourth-order valence-corrected chi connectivity index (χ4v) is 3.35. The number of anilines is 2. The number of sulfonamides is 1. The summed E-state index contributed by atoms with van der Waals surface area (Å²) in [4.78, 5) is 24.2. The number of carboxylic acid groups (broad SMARTS) is 1. The first-order chi connectivity index (χ1) is 12.0. The van der Waals surface area contributed by atoms with Gasteiger partial charge < -0.3 is 20.4 Å². The molecular weight excluding hydrogens is 416 g/mol. The molecule has 0 aromatic heterocycles. The molecule has 9 nitrogen and oxygen atoms in total. The normalized spacial score (nSPS) is 20.1. The average molecular weight is 430 g/mol. The zero-order valence-corrected chi connectivity index (χ0v) is 15.3. The number of aliphatic hydroxyl groups excluding tert-OH is 1. The van der Waals surface area contributed by atoms with Gasteiger partial charge in [-0.15, -0.1) is 11.6 Å². The first kappa shape index (κ1) is 20.5. The van der Waals surface area contributed by atoms with E-state index < -0.39 is 50.9 Å². The number of alkyl halides is 1. The minimum Gasteiger partial charge on any atom is -0.480 e. The summed E-state index contributed by atoms with van der Waals surface area (Å²) in [6.45, 7) is -0.246. The number of halogens is 3. The number of hydrogen-bond donors (Lipinski definition) is 4. The number of nitrogens with zero attached hydrogens (tertiary/aromatic N) is 1. The van der Waals surface area contributed by atoms with Crippen molar-refractivity contribution in [2.75, 3.05) is 21.8 Å². The van der Waals surface area contributed by atoms with Gasteiger partial charge in [-0.2, -0.15) is 0 Å². The van der Waals surface area contributed by atoms with Crippen LogP contribution in [-0.4, -0.2) is 59.4 Å². The molecule has 1 unspecified atom stereocenters. The van der Waals surface area contributed by atoms with Gasteiger partial charge in [0, 0.05) is 13.0 Å². The van der Waals surface area contributed by atoms with Gasteiger partial charge in [-0.05, 0) is 12.1 Å². The molecule has 2 amide bonds. The van der Waals surface area contributed by atoms with Crippen LogP contribution in [0.5, 0.6) is 0 Å². The van der Waals surface area contributed by atoms with E-state index >= 15 is 0 Å². The number of rotatable bonds is 5. The van der Waals surface area contributed by atoms with Gasteiger partial charge in [0.2, 0.25) is 10.0 Å². The van der Waals surface area contributed by atoms with Crippen molar-refractivity contribution >= 4 is 56.6 Å². The molecule has 0 bridgehead atoms. The fraction of sp³-hybridized carbons (Fsp3) is 0.385. The van der Waals surface area contributed by atoms with Crippen LogP contribution < -0.4 is 10.0 Å². The Balaban J connectivity index is 2.26. The van der Waals surface area contributed by atoms with E-state index in [1.165, 1.54) is 0 Å². The summed E-state index contributed by atoms with van der Waals surface area (Å²) in [6.07, 6.45) is -1.19. The van der Waals surface area contributed by atoms with Crippen molar-refractivity contribution in [3.05, 3.63) is 23.0 Å². The van der Waals surface area contributed by atoms with Gasteiger partial charge in [-0.1, -0.05) is 11.6 Å². The number of carbonyl (C=O) groups is 2. The molecule has 1 aliphatic rings. The molecule has 0 radical (unpaired) electrons. The number of carboxylic acids is 1. The third-order valence-electron chi connectivity index (χ3n) is 3.53. The zero-order chi connectivity index (χ0) is 19.6. The summed E-state index contributed by atoms with van der Waals surface area (Å²) in [5.41, 5.74) is -0.655. The van der Waals surface area contributed by atoms with Crippen molar-refractivity contribution in [3.8, 4) is 0 Å². The highest BCUT2D eigenvalue weighted by Gasteiger charge is 2.39. The molecule has 13 heteroatoms. The molecule has 1 aromatic rings. The van der Waals surface area contributed by atoms with Gasteiger partial charge in [0.1, 0.15) is 17.1 Å². The van der Waals surface area contributed by atoms with Crippen LogP contribution in [0.4, 0.5) is 20.6 Å². The minimum atomic E-state index is -3.92. The maximum Gasteiger partial charge on any atom is 0.326 e. The lowest BCUT2D eigenvalue weighted by molar-refractivity contribution is -0.141. The monoisotopic (exact) mass is 429 g/mol. The number of carbonyl (C=O) groups excluding carboxylic acids is 1. The highest BCUT2D eigenvalue weighted by atomic mass is 35.5. The average Bonchev–Trinajstić information content (AvgIpc) is 2.94. The number of β-amino-alcohol motifs (C(OH)–C–C–N with tert-alkyl or cyclic N) is 1. The van der Waals surface area contributed by atoms with Crippen molar-refractivity contribution in [2.24, 2.45) is 0 Å². The first-order valence-electron chi connectivity index (χ1n) is 7.08. The van der Waals surface area contributed by atoms with Gasteiger partial charge in [-0.25, -0.2) is 22.4 Å². The number of aliphatic hydroxyl groups is 1. The van der Waals surface area contributed by atoms with Gasteiger partial charge >= 0.3 is 12.0 Å². The molecule has 4 N–H and O–H groups in total. The summed E-state index contributed by atoms with van der Waals surface area (Å²) in [5.74, 6) is -2.28. The van der Waals surface area contributed by atoms with Crippen LogP contribution in [-0.2, 0) is 14.8 Å². The van der Waals surface area contributed by atoms with Crippen LogP contribution in [0.3, 0.4) is 0 Å². The van der Waals surface area contributed by atoms with E-state index in [0.717, 1.165) is 17.0 Å². The summed E-state index contributed by atoms with van der Waals surface area (Å²) < 4.78 is 39.1. The Morgan fingerprint density at radius 1 is 1.35 bits per heavy atom. The van der Waals surface area contributed by atoms with E-state index in [4.69, 9.17) is 28.3 Å². The van der Waals surface area contributed by atoms with E-state index in [1.54, 1.807) is 0 Å². The standard InChI is InChI=1S/C13H14Cl2FN3O6S/c14-5-26(24,25)18-9-3-10(8(16)2-7(9)15)17-13(23)19-4-6(20)1-11(19)12(21)22/h2-3,6,11,18,20H,1,4-5H2,(H,17,23)(H,21,22)/t6-,11?/m0/s1. The number of benzene rings is 1. The lowest BCUT2D eigenvalue weighted by Crippen LogP contribution is -2.43. The Labute approximate surface area is 157 Å². The number of nitrogens with one attached hydrogen (secondary N) is 2. The van der Waals surface area contributed by atoms with Crippen LogP contribution in [0.2, 0.25) is 5.02 Å². The molecule has 1 fully saturated rings. The Kier molecular flexibility index (Phi) is 6.17. The predicted molar refractivity (Wildman–Crippen MR) is 92.4 cm³/mol. The zero-order valence-electron chi connectivity index (χ0n) is 12.9. The van der Waals surface area contributed by atoms with Crippen LogP contribution in [0.25, 0.3) is 0 Å². The molecule has 0 saturated carbocycles. The summed E-state index contributed by atoms with van der Waals surface area (Å²) in [7, 11) is -3.92. The molecule has 0 spiro atoms. The van der Waals surface area contributed by atoms with Gasteiger partial charge in [0.15, 0.2) is 0 Å². The second-order valence-electron chi connectivity index (χ2n) is 5.46. The molecule has 26 heavy (non-hydrogen) atoms. The second-order valence-corrected chi connectivity index (χ2v) is 8.18. The van der Waals surface area contributed by atoms with Gasteiger partial charge in [0.05, 0.1) is 22.5 Å². The maximum atomic E-state index is 14.0. The van der Waals surface area contributed by atoms with Crippen molar-refractivity contribution in [2.45, 2.75) is 18.6 Å². The van der Waals surface area contributed by atoms with E-state index in [1.807, 2.05) is 4.72 Å². The molecule has 1 heterocycles. The smallest absolute Gasteiger partial charge is 0.326 e. The molecular formula is C13H14Cl2FN3O6S. The Bertz CT molecular complexity index is 837.